The van der Waals surface area contributed by atoms with E-state index in [1.54, 1.807) is 18.1 Å². The average molecular weight is 329 g/mol. The normalized spacial score (nSPS) is 22.1. The molecule has 24 heavy (non-hydrogen) atoms. The number of hydrogen-bond acceptors (Lipinski definition) is 5. The maximum Gasteiger partial charge on any atom is 0.259 e. The van der Waals surface area contributed by atoms with Crippen LogP contribution in [-0.2, 0) is 4.74 Å². The van der Waals surface area contributed by atoms with Gasteiger partial charge in [0.1, 0.15) is 11.8 Å². The maximum absolute atomic E-state index is 12.8. The van der Waals surface area contributed by atoms with Gasteiger partial charge >= 0.3 is 0 Å². The number of nitriles is 1. The minimum Gasteiger partial charge on any atom is -0.496 e. The molecule has 0 bridgehead atoms. The number of benzene rings is 1. The zero-order valence-electron chi connectivity index (χ0n) is 14.2. The van der Waals surface area contributed by atoms with Crippen molar-refractivity contribution in [3.05, 3.63) is 29.3 Å². The summed E-state index contributed by atoms with van der Waals surface area (Å²) in [6, 6.07) is 7.19. The number of fused-ring (bicyclic) bond motifs is 1. The van der Waals surface area contributed by atoms with Crippen LogP contribution in [0.25, 0.3) is 0 Å². The summed E-state index contributed by atoms with van der Waals surface area (Å²) in [5.74, 6) is 0.715. The number of amides is 1. The first-order valence-corrected chi connectivity index (χ1v) is 8.33. The fraction of sp³-hybridized carbons (Fsp3) is 0.556. The van der Waals surface area contributed by atoms with E-state index in [0.717, 1.165) is 38.4 Å². The van der Waals surface area contributed by atoms with Crippen LogP contribution in [0.4, 0.5) is 0 Å². The van der Waals surface area contributed by atoms with Crippen molar-refractivity contribution in [3.63, 3.8) is 0 Å². The number of hydrogen-bond donors (Lipinski definition) is 0. The summed E-state index contributed by atoms with van der Waals surface area (Å²) in [4.78, 5) is 16.9. The number of rotatable bonds is 5. The summed E-state index contributed by atoms with van der Waals surface area (Å²) >= 11 is 0. The van der Waals surface area contributed by atoms with Crippen molar-refractivity contribution < 1.29 is 14.3 Å². The number of morpholine rings is 1. The standard InChI is InChI=1S/C18H23N3O3/c1-13(11-20-6-8-24-9-7-20)12-21-15(10-19)14-4-3-5-16(23-2)17(14)18(21)22/h3-5,13,15H,6-9,11-12H2,1-2H3. The van der Waals surface area contributed by atoms with E-state index in [4.69, 9.17) is 9.47 Å². The molecule has 2 atom stereocenters. The largest absolute Gasteiger partial charge is 0.496 e. The van der Waals surface area contributed by atoms with Crippen molar-refractivity contribution in [1.29, 1.82) is 5.26 Å². The second kappa shape index (κ2) is 7.20. The molecule has 1 amide bonds. The molecule has 1 saturated heterocycles. The lowest BCUT2D eigenvalue weighted by Gasteiger charge is -2.31. The van der Waals surface area contributed by atoms with Gasteiger partial charge in [-0.25, -0.2) is 0 Å². The van der Waals surface area contributed by atoms with Gasteiger partial charge in [-0.15, -0.1) is 0 Å². The Bertz CT molecular complexity index is 649. The molecule has 0 spiro atoms. The Morgan fingerprint density at radius 2 is 2.12 bits per heavy atom. The van der Waals surface area contributed by atoms with Gasteiger partial charge < -0.3 is 14.4 Å². The van der Waals surface area contributed by atoms with Gasteiger partial charge in [0.05, 0.1) is 32.0 Å². The number of nitrogens with zero attached hydrogens (tertiary/aromatic N) is 3. The lowest BCUT2D eigenvalue weighted by atomic mass is 10.0. The van der Waals surface area contributed by atoms with Gasteiger partial charge in [-0.3, -0.25) is 9.69 Å². The third kappa shape index (κ3) is 3.10. The second-order valence-corrected chi connectivity index (χ2v) is 6.43. The van der Waals surface area contributed by atoms with Crippen LogP contribution in [0, 0.1) is 17.2 Å². The van der Waals surface area contributed by atoms with Crippen molar-refractivity contribution in [3.8, 4) is 11.8 Å². The van der Waals surface area contributed by atoms with Crippen LogP contribution in [0.3, 0.4) is 0 Å². The molecule has 0 aliphatic carbocycles. The van der Waals surface area contributed by atoms with Crippen molar-refractivity contribution in [2.45, 2.75) is 13.0 Å². The Balaban J connectivity index is 1.74. The lowest BCUT2D eigenvalue weighted by Crippen LogP contribution is -2.42. The molecule has 128 valence electrons. The molecular weight excluding hydrogens is 306 g/mol. The SMILES string of the molecule is COc1cccc2c1C(=O)N(CC(C)CN1CCOCC1)C2C#N. The Labute approximate surface area is 142 Å². The second-order valence-electron chi connectivity index (χ2n) is 6.43. The van der Waals surface area contributed by atoms with Crippen LogP contribution in [0.1, 0.15) is 28.9 Å². The predicted octanol–water partition coefficient (Wildman–Crippen LogP) is 1.68. The van der Waals surface area contributed by atoms with Gasteiger partial charge in [0.2, 0.25) is 0 Å². The van der Waals surface area contributed by atoms with E-state index in [-0.39, 0.29) is 11.8 Å². The fourth-order valence-corrected chi connectivity index (χ4v) is 3.55. The van der Waals surface area contributed by atoms with Gasteiger partial charge in [-0.2, -0.15) is 5.26 Å². The third-order valence-corrected chi connectivity index (χ3v) is 4.66. The van der Waals surface area contributed by atoms with E-state index in [1.165, 1.54) is 0 Å². The third-order valence-electron chi connectivity index (χ3n) is 4.66. The zero-order valence-corrected chi connectivity index (χ0v) is 14.2. The van der Waals surface area contributed by atoms with Crippen molar-refractivity contribution in [1.82, 2.24) is 9.80 Å². The van der Waals surface area contributed by atoms with Crippen LogP contribution >= 0.6 is 0 Å². The van der Waals surface area contributed by atoms with Crippen LogP contribution in [0.2, 0.25) is 0 Å². The molecule has 0 saturated carbocycles. The Morgan fingerprint density at radius 3 is 2.79 bits per heavy atom. The number of carbonyl (C=O) groups excluding carboxylic acids is 1. The highest BCUT2D eigenvalue weighted by Crippen LogP contribution is 2.38. The van der Waals surface area contributed by atoms with Crippen molar-refractivity contribution in [2.24, 2.45) is 5.92 Å². The van der Waals surface area contributed by atoms with Crippen LogP contribution < -0.4 is 4.74 Å². The zero-order chi connectivity index (χ0) is 17.1. The van der Waals surface area contributed by atoms with Gasteiger partial charge in [0.15, 0.2) is 0 Å². The smallest absolute Gasteiger partial charge is 0.259 e. The molecule has 0 radical (unpaired) electrons. The minimum absolute atomic E-state index is 0.108. The molecule has 2 unspecified atom stereocenters. The summed E-state index contributed by atoms with van der Waals surface area (Å²) in [5, 5.41) is 9.59. The quantitative estimate of drug-likeness (QED) is 0.822. The van der Waals surface area contributed by atoms with Gasteiger partial charge in [0, 0.05) is 31.7 Å². The van der Waals surface area contributed by atoms with Crippen LogP contribution in [0.15, 0.2) is 18.2 Å². The topological polar surface area (TPSA) is 65.8 Å². The monoisotopic (exact) mass is 329 g/mol. The Morgan fingerprint density at radius 1 is 1.38 bits per heavy atom. The number of carbonyl (C=O) groups is 1. The lowest BCUT2D eigenvalue weighted by molar-refractivity contribution is 0.0282. The molecule has 0 aromatic heterocycles. The molecule has 2 aliphatic heterocycles. The highest BCUT2D eigenvalue weighted by molar-refractivity contribution is 6.02. The van der Waals surface area contributed by atoms with Gasteiger partial charge in [-0.05, 0) is 12.0 Å². The van der Waals surface area contributed by atoms with Crippen molar-refractivity contribution in [2.75, 3.05) is 46.5 Å². The molecule has 2 heterocycles. The molecule has 6 heteroatoms. The van der Waals surface area contributed by atoms with E-state index < -0.39 is 6.04 Å². The van der Waals surface area contributed by atoms with E-state index in [0.29, 0.717) is 17.9 Å². The van der Waals surface area contributed by atoms with Gasteiger partial charge in [0.25, 0.3) is 5.91 Å². The van der Waals surface area contributed by atoms with Gasteiger partial charge in [-0.1, -0.05) is 19.1 Å². The Kier molecular flexibility index (Phi) is 5.03. The summed E-state index contributed by atoms with van der Waals surface area (Å²) in [5.41, 5.74) is 1.28. The van der Waals surface area contributed by atoms with E-state index in [1.807, 2.05) is 12.1 Å². The summed E-state index contributed by atoms with van der Waals surface area (Å²) in [7, 11) is 1.55. The molecule has 1 aromatic carbocycles. The first-order chi connectivity index (χ1) is 11.7. The molecular formula is C18H23N3O3. The molecule has 0 N–H and O–H groups in total. The van der Waals surface area contributed by atoms with Crippen LogP contribution in [-0.4, -0.2) is 62.2 Å². The average Bonchev–Trinajstić information content (AvgIpc) is 2.87. The van der Waals surface area contributed by atoms with Crippen LogP contribution in [0.5, 0.6) is 5.75 Å². The number of ether oxygens (including phenoxy) is 2. The highest BCUT2D eigenvalue weighted by atomic mass is 16.5. The first-order valence-electron chi connectivity index (χ1n) is 8.33. The summed E-state index contributed by atoms with van der Waals surface area (Å²) in [6.07, 6.45) is 0. The first kappa shape index (κ1) is 16.7. The molecule has 1 fully saturated rings. The summed E-state index contributed by atoms with van der Waals surface area (Å²) in [6.45, 7) is 6.96. The molecule has 1 aromatic rings. The van der Waals surface area contributed by atoms with E-state index in [2.05, 4.69) is 17.9 Å². The van der Waals surface area contributed by atoms with Crippen molar-refractivity contribution >= 4 is 5.91 Å². The molecule has 2 aliphatic rings. The fourth-order valence-electron chi connectivity index (χ4n) is 3.55. The van der Waals surface area contributed by atoms with E-state index >= 15 is 0 Å². The predicted molar refractivity (Wildman–Crippen MR) is 88.8 cm³/mol. The van der Waals surface area contributed by atoms with E-state index in [9.17, 15) is 10.1 Å². The number of methoxy groups -OCH3 is 1. The summed E-state index contributed by atoms with van der Waals surface area (Å²) < 4.78 is 10.7. The maximum atomic E-state index is 12.8. The Hall–Kier alpha value is -2.10. The molecule has 6 nitrogen and oxygen atoms in total. The minimum atomic E-state index is -0.533. The highest BCUT2D eigenvalue weighted by Gasteiger charge is 2.39. The molecule has 3 rings (SSSR count).